The summed E-state index contributed by atoms with van der Waals surface area (Å²) < 4.78 is 8.48. The van der Waals surface area contributed by atoms with E-state index < -0.39 is 11.9 Å². The van der Waals surface area contributed by atoms with Crippen LogP contribution in [0.3, 0.4) is 0 Å². The van der Waals surface area contributed by atoms with Crippen molar-refractivity contribution in [3.05, 3.63) is 58.9 Å². The average Bonchev–Trinajstić information content (AvgIpc) is 3.21. The van der Waals surface area contributed by atoms with Gasteiger partial charge in [0.1, 0.15) is 5.75 Å². The zero-order valence-electron chi connectivity index (χ0n) is 18.2. The number of benzene rings is 2. The fourth-order valence-corrected chi connectivity index (χ4v) is 4.09. The number of amides is 3. The van der Waals surface area contributed by atoms with E-state index in [9.17, 15) is 14.4 Å². The van der Waals surface area contributed by atoms with Gasteiger partial charge in [0, 0.05) is 12.1 Å². The van der Waals surface area contributed by atoms with E-state index in [2.05, 4.69) is 20.8 Å². The quantitative estimate of drug-likeness (QED) is 0.419. The van der Waals surface area contributed by atoms with Crippen molar-refractivity contribution in [3.63, 3.8) is 0 Å². The van der Waals surface area contributed by atoms with Crippen molar-refractivity contribution in [2.24, 2.45) is 0 Å². The molecular weight excluding hydrogens is 444 g/mol. The van der Waals surface area contributed by atoms with Gasteiger partial charge >= 0.3 is 6.03 Å². The van der Waals surface area contributed by atoms with Gasteiger partial charge in [0.2, 0.25) is 11.7 Å². The molecule has 2 heterocycles. The highest BCUT2D eigenvalue weighted by molar-refractivity contribution is 7.99. The van der Waals surface area contributed by atoms with Crippen molar-refractivity contribution in [2.75, 3.05) is 12.9 Å². The third-order valence-electron chi connectivity index (χ3n) is 4.71. The molecule has 0 saturated heterocycles. The fourth-order valence-electron chi connectivity index (χ4n) is 3.35. The Kier molecular flexibility index (Phi) is 6.31. The summed E-state index contributed by atoms with van der Waals surface area (Å²) in [5.74, 6) is 0.364. The Morgan fingerprint density at radius 2 is 1.91 bits per heavy atom. The number of urea groups is 1. The number of para-hydroxylation sites is 1. The van der Waals surface area contributed by atoms with Crippen LogP contribution in [0.25, 0.3) is 22.4 Å². The largest absolute Gasteiger partial charge is 0.497 e. The molecule has 0 aliphatic rings. The Labute approximate surface area is 193 Å². The zero-order chi connectivity index (χ0) is 23.5. The first-order valence-corrected chi connectivity index (χ1v) is 11.1. The van der Waals surface area contributed by atoms with Crippen LogP contribution in [-0.2, 0) is 4.79 Å². The normalized spacial score (nSPS) is 11.2. The number of hydrogen-bond donors (Lipinski definition) is 2. The third-order valence-corrected chi connectivity index (χ3v) is 5.64. The predicted octanol–water partition coefficient (Wildman–Crippen LogP) is 2.37. The van der Waals surface area contributed by atoms with Gasteiger partial charge in [-0.15, -0.1) is 10.2 Å². The minimum absolute atomic E-state index is 0.0566. The summed E-state index contributed by atoms with van der Waals surface area (Å²) in [6.07, 6.45) is 0. The maximum absolute atomic E-state index is 13.4. The van der Waals surface area contributed by atoms with E-state index in [4.69, 9.17) is 4.74 Å². The van der Waals surface area contributed by atoms with Crippen LogP contribution < -0.4 is 20.9 Å². The van der Waals surface area contributed by atoms with Crippen LogP contribution in [-0.4, -0.2) is 50.0 Å². The highest BCUT2D eigenvalue weighted by Crippen LogP contribution is 2.24. The van der Waals surface area contributed by atoms with Crippen molar-refractivity contribution in [2.45, 2.75) is 25.0 Å². The second-order valence-corrected chi connectivity index (χ2v) is 8.38. The topological polar surface area (TPSA) is 120 Å². The van der Waals surface area contributed by atoms with Crippen molar-refractivity contribution < 1.29 is 14.3 Å². The second-order valence-electron chi connectivity index (χ2n) is 7.44. The van der Waals surface area contributed by atoms with Crippen LogP contribution in [0.2, 0.25) is 0 Å². The smallest absolute Gasteiger partial charge is 0.321 e. The molecule has 4 aromatic rings. The van der Waals surface area contributed by atoms with Crippen LogP contribution in [0.5, 0.6) is 5.75 Å². The number of nitrogens with zero attached hydrogens (tertiary/aromatic N) is 4. The predicted molar refractivity (Wildman–Crippen MR) is 125 cm³/mol. The van der Waals surface area contributed by atoms with E-state index >= 15 is 0 Å². The van der Waals surface area contributed by atoms with E-state index in [1.807, 2.05) is 6.07 Å². The molecule has 0 atom stereocenters. The molecule has 0 bridgehead atoms. The van der Waals surface area contributed by atoms with Crippen LogP contribution in [0.1, 0.15) is 13.8 Å². The molecular formula is C22H22N6O4S. The summed E-state index contributed by atoms with van der Waals surface area (Å²) in [6, 6.07) is 13.5. The summed E-state index contributed by atoms with van der Waals surface area (Å²) in [6.45, 7) is 3.60. The number of nitrogens with one attached hydrogen (secondary N) is 2. The van der Waals surface area contributed by atoms with E-state index in [1.165, 1.54) is 4.57 Å². The number of methoxy groups -OCH3 is 1. The summed E-state index contributed by atoms with van der Waals surface area (Å²) in [5, 5.41) is 14.2. The van der Waals surface area contributed by atoms with E-state index in [0.29, 0.717) is 33.3 Å². The first-order valence-electron chi connectivity index (χ1n) is 10.2. The Bertz CT molecular complexity index is 1410. The van der Waals surface area contributed by atoms with E-state index in [0.717, 1.165) is 11.8 Å². The molecule has 4 rings (SSSR count). The van der Waals surface area contributed by atoms with Crippen molar-refractivity contribution >= 4 is 40.4 Å². The van der Waals surface area contributed by atoms with Crippen LogP contribution in [0.15, 0.2) is 58.5 Å². The SMILES string of the molecule is COc1cccc(-n2c(=O)c3ccccc3n3c(SCC(=O)NC(=O)NC(C)C)nnc23)c1. The number of thioether (sulfide) groups is 1. The van der Waals surface area contributed by atoms with Crippen molar-refractivity contribution in [1.82, 2.24) is 29.8 Å². The molecule has 2 aromatic heterocycles. The number of carbonyl (C=O) groups is 2. The number of rotatable bonds is 6. The van der Waals surface area contributed by atoms with Crippen molar-refractivity contribution in [3.8, 4) is 11.4 Å². The summed E-state index contributed by atoms with van der Waals surface area (Å²) in [5.41, 5.74) is 0.933. The van der Waals surface area contributed by atoms with Gasteiger partial charge in [-0.1, -0.05) is 30.0 Å². The van der Waals surface area contributed by atoms with Gasteiger partial charge in [-0.3, -0.25) is 19.3 Å². The van der Waals surface area contributed by atoms with Crippen LogP contribution in [0, 0.1) is 0 Å². The van der Waals surface area contributed by atoms with Gasteiger partial charge in [-0.05, 0) is 38.1 Å². The Morgan fingerprint density at radius 1 is 1.12 bits per heavy atom. The number of carbonyl (C=O) groups excluding carboxylic acids is 2. The zero-order valence-corrected chi connectivity index (χ0v) is 19.0. The van der Waals surface area contributed by atoms with E-state index in [-0.39, 0.29) is 17.4 Å². The number of imide groups is 1. The molecule has 0 saturated carbocycles. The molecule has 3 amide bonds. The first kappa shape index (κ1) is 22.3. The van der Waals surface area contributed by atoms with Gasteiger partial charge in [-0.2, -0.15) is 0 Å². The lowest BCUT2D eigenvalue weighted by atomic mass is 10.2. The molecule has 2 aromatic carbocycles. The molecule has 0 aliphatic heterocycles. The highest BCUT2D eigenvalue weighted by Gasteiger charge is 2.19. The molecule has 2 N–H and O–H groups in total. The van der Waals surface area contributed by atoms with Gasteiger partial charge in [0.15, 0.2) is 5.16 Å². The third kappa shape index (κ3) is 4.53. The van der Waals surface area contributed by atoms with Crippen LogP contribution >= 0.6 is 11.8 Å². The molecule has 0 radical (unpaired) electrons. The standard InChI is InChI=1S/C22H22N6O4S/c1-13(2)23-20(31)24-18(29)12-33-22-26-25-21-27(14-7-6-8-15(11-14)32-3)19(30)16-9-4-5-10-17(16)28(21)22/h4-11,13H,12H2,1-3H3,(H2,23,24,29,31). The van der Waals surface area contributed by atoms with Gasteiger partial charge in [0.05, 0.1) is 29.5 Å². The lowest BCUT2D eigenvalue weighted by Gasteiger charge is -2.12. The minimum Gasteiger partial charge on any atom is -0.497 e. The Morgan fingerprint density at radius 3 is 2.67 bits per heavy atom. The molecule has 0 unspecified atom stereocenters. The molecule has 33 heavy (non-hydrogen) atoms. The molecule has 170 valence electrons. The Hall–Kier alpha value is -3.86. The molecule has 10 nitrogen and oxygen atoms in total. The van der Waals surface area contributed by atoms with Crippen LogP contribution in [0.4, 0.5) is 4.79 Å². The number of fused-ring (bicyclic) bond motifs is 3. The molecule has 0 aliphatic carbocycles. The van der Waals surface area contributed by atoms with Gasteiger partial charge < -0.3 is 10.1 Å². The summed E-state index contributed by atoms with van der Waals surface area (Å²) in [4.78, 5) is 37.3. The fraction of sp³-hybridized carbons (Fsp3) is 0.227. The van der Waals surface area contributed by atoms with Gasteiger partial charge in [-0.25, -0.2) is 9.36 Å². The monoisotopic (exact) mass is 466 g/mol. The second kappa shape index (κ2) is 9.33. The molecule has 0 spiro atoms. The summed E-state index contributed by atoms with van der Waals surface area (Å²) in [7, 11) is 1.55. The number of ether oxygens (including phenoxy) is 1. The molecule has 0 fully saturated rings. The first-order chi connectivity index (χ1) is 15.9. The van der Waals surface area contributed by atoms with E-state index in [1.54, 1.807) is 67.8 Å². The maximum atomic E-state index is 13.4. The minimum atomic E-state index is -0.556. The maximum Gasteiger partial charge on any atom is 0.321 e. The number of aromatic nitrogens is 4. The molecule has 11 heteroatoms. The number of hydrogen-bond acceptors (Lipinski definition) is 7. The summed E-state index contributed by atoms with van der Waals surface area (Å²) >= 11 is 1.12. The van der Waals surface area contributed by atoms with Crippen molar-refractivity contribution in [1.29, 1.82) is 0 Å². The lowest BCUT2D eigenvalue weighted by molar-refractivity contribution is -0.117. The Balaban J connectivity index is 1.76. The van der Waals surface area contributed by atoms with Gasteiger partial charge in [0.25, 0.3) is 5.56 Å². The lowest BCUT2D eigenvalue weighted by Crippen LogP contribution is -2.43. The highest BCUT2D eigenvalue weighted by atomic mass is 32.2. The average molecular weight is 467 g/mol.